The lowest BCUT2D eigenvalue weighted by Crippen LogP contribution is -2.12. The monoisotopic (exact) mass is 207 g/mol. The van der Waals surface area contributed by atoms with Crippen molar-refractivity contribution in [3.63, 3.8) is 0 Å². The van der Waals surface area contributed by atoms with Crippen LogP contribution in [-0.4, -0.2) is 12.3 Å². The zero-order chi connectivity index (χ0) is 9.97. The minimum absolute atomic E-state index is 0.583. The predicted molar refractivity (Wildman–Crippen MR) is 62.9 cm³/mol. The molecule has 0 aromatic heterocycles. The zero-order valence-corrected chi connectivity index (χ0v) is 9.44. The number of nitrogens with two attached hydrogens (primary N) is 1. The molecule has 14 heavy (non-hydrogen) atoms. The molecule has 0 aliphatic carbocycles. The van der Waals surface area contributed by atoms with E-state index in [1.54, 1.807) is 0 Å². The van der Waals surface area contributed by atoms with Gasteiger partial charge in [-0.05, 0) is 49.1 Å². The summed E-state index contributed by atoms with van der Waals surface area (Å²) >= 11 is 2.00. The van der Waals surface area contributed by atoms with E-state index < -0.39 is 0 Å². The van der Waals surface area contributed by atoms with Crippen molar-refractivity contribution in [1.29, 1.82) is 0 Å². The van der Waals surface area contributed by atoms with Gasteiger partial charge in [-0.1, -0.05) is 18.2 Å². The first-order valence-electron chi connectivity index (χ1n) is 5.25. The summed E-state index contributed by atoms with van der Waals surface area (Å²) in [6.07, 6.45) is 2.54. The van der Waals surface area contributed by atoms with Gasteiger partial charge in [0.2, 0.25) is 0 Å². The van der Waals surface area contributed by atoms with Crippen molar-refractivity contribution in [1.82, 2.24) is 0 Å². The molecule has 0 fully saturated rings. The van der Waals surface area contributed by atoms with Crippen molar-refractivity contribution in [2.45, 2.75) is 30.6 Å². The zero-order valence-electron chi connectivity index (χ0n) is 8.62. The Kier molecular flexibility index (Phi) is 3.14. The summed E-state index contributed by atoms with van der Waals surface area (Å²) < 4.78 is 0. The van der Waals surface area contributed by atoms with Crippen molar-refractivity contribution in [2.24, 2.45) is 5.73 Å². The summed E-state index contributed by atoms with van der Waals surface area (Å²) in [4.78, 5) is 1.49. The van der Waals surface area contributed by atoms with Crippen molar-refractivity contribution in [3.05, 3.63) is 29.3 Å². The van der Waals surface area contributed by atoms with Crippen LogP contribution in [-0.2, 0) is 0 Å². The number of thioether (sulfide) groups is 1. The molecular formula is C12H17NS. The van der Waals surface area contributed by atoms with Gasteiger partial charge in [-0.15, -0.1) is 11.8 Å². The van der Waals surface area contributed by atoms with Crippen molar-refractivity contribution >= 4 is 11.8 Å². The normalized spacial score (nSPS) is 21.4. The molecule has 2 rings (SSSR count). The molecule has 0 saturated carbocycles. The third-order valence-electron chi connectivity index (χ3n) is 2.91. The first-order valence-corrected chi connectivity index (χ1v) is 6.24. The molecule has 1 aromatic carbocycles. The van der Waals surface area contributed by atoms with E-state index in [0.717, 1.165) is 6.54 Å². The number of rotatable bonds is 1. The van der Waals surface area contributed by atoms with Crippen LogP contribution in [0.3, 0.4) is 0 Å². The van der Waals surface area contributed by atoms with Crippen LogP contribution in [0.25, 0.3) is 0 Å². The lowest BCUT2D eigenvalue weighted by Gasteiger charge is -2.15. The minimum atomic E-state index is 0.583. The lowest BCUT2D eigenvalue weighted by atomic mass is 9.93. The quantitative estimate of drug-likeness (QED) is 0.766. The molecule has 1 aromatic rings. The van der Waals surface area contributed by atoms with Gasteiger partial charge in [0.05, 0.1) is 0 Å². The van der Waals surface area contributed by atoms with E-state index in [2.05, 4.69) is 25.1 Å². The van der Waals surface area contributed by atoms with Gasteiger partial charge in [0.1, 0.15) is 0 Å². The molecule has 1 nitrogen and oxygen atoms in total. The molecule has 0 bridgehead atoms. The third-order valence-corrected chi connectivity index (χ3v) is 4.25. The molecule has 1 unspecified atom stereocenters. The molecule has 1 heterocycles. The van der Waals surface area contributed by atoms with E-state index in [1.165, 1.54) is 34.6 Å². The SMILES string of the molecule is Cc1cccc2c1SCCCC2CN. The number of aryl methyl sites for hydroxylation is 1. The van der Waals surface area contributed by atoms with Gasteiger partial charge in [0.15, 0.2) is 0 Å². The molecule has 76 valence electrons. The van der Waals surface area contributed by atoms with Gasteiger partial charge in [-0.25, -0.2) is 0 Å². The smallest absolute Gasteiger partial charge is 0.0137 e. The number of hydrogen-bond donors (Lipinski definition) is 1. The highest BCUT2D eigenvalue weighted by Crippen LogP contribution is 2.37. The lowest BCUT2D eigenvalue weighted by molar-refractivity contribution is 0.623. The Bertz CT molecular complexity index is 322. The van der Waals surface area contributed by atoms with E-state index in [0.29, 0.717) is 5.92 Å². The standard InChI is InChI=1S/C12H17NS/c1-9-4-2-6-11-10(8-13)5-3-7-14-12(9)11/h2,4,6,10H,3,5,7-8,13H2,1H3. The number of benzene rings is 1. The Balaban J connectivity index is 2.44. The maximum absolute atomic E-state index is 5.83. The van der Waals surface area contributed by atoms with Gasteiger partial charge in [-0.3, -0.25) is 0 Å². The first kappa shape index (κ1) is 10.1. The fourth-order valence-corrected chi connectivity index (χ4v) is 3.31. The van der Waals surface area contributed by atoms with Gasteiger partial charge in [0, 0.05) is 4.90 Å². The van der Waals surface area contributed by atoms with Crippen LogP contribution in [0.5, 0.6) is 0 Å². The Morgan fingerprint density at radius 3 is 3.14 bits per heavy atom. The number of hydrogen-bond acceptors (Lipinski definition) is 2. The molecule has 0 saturated heterocycles. The Morgan fingerprint density at radius 1 is 1.50 bits per heavy atom. The van der Waals surface area contributed by atoms with Crippen molar-refractivity contribution in [2.75, 3.05) is 12.3 Å². The fraction of sp³-hybridized carbons (Fsp3) is 0.500. The Labute approximate surface area is 90.1 Å². The van der Waals surface area contributed by atoms with Gasteiger partial charge < -0.3 is 5.73 Å². The summed E-state index contributed by atoms with van der Waals surface area (Å²) in [5.74, 6) is 1.83. The van der Waals surface area contributed by atoms with Crippen molar-refractivity contribution in [3.8, 4) is 0 Å². The highest BCUT2D eigenvalue weighted by Gasteiger charge is 2.18. The summed E-state index contributed by atoms with van der Waals surface area (Å²) in [7, 11) is 0. The van der Waals surface area contributed by atoms with Crippen molar-refractivity contribution < 1.29 is 0 Å². The predicted octanol–water partition coefficient (Wildman–Crippen LogP) is 2.92. The molecule has 1 aliphatic heterocycles. The van der Waals surface area contributed by atoms with Crippen LogP contribution in [0.4, 0.5) is 0 Å². The van der Waals surface area contributed by atoms with Crippen LogP contribution >= 0.6 is 11.8 Å². The van der Waals surface area contributed by atoms with E-state index in [1.807, 2.05) is 11.8 Å². The average Bonchev–Trinajstić information content (AvgIpc) is 2.40. The van der Waals surface area contributed by atoms with Gasteiger partial charge in [-0.2, -0.15) is 0 Å². The molecule has 1 atom stereocenters. The maximum atomic E-state index is 5.83. The van der Waals surface area contributed by atoms with E-state index >= 15 is 0 Å². The summed E-state index contributed by atoms with van der Waals surface area (Å²) in [5.41, 5.74) is 8.72. The first-order chi connectivity index (χ1) is 6.83. The van der Waals surface area contributed by atoms with Crippen LogP contribution < -0.4 is 5.73 Å². The molecule has 0 amide bonds. The van der Waals surface area contributed by atoms with Crippen LogP contribution in [0.2, 0.25) is 0 Å². The summed E-state index contributed by atoms with van der Waals surface area (Å²) in [6, 6.07) is 6.60. The van der Waals surface area contributed by atoms with Gasteiger partial charge >= 0.3 is 0 Å². The molecule has 2 N–H and O–H groups in total. The molecule has 0 radical (unpaired) electrons. The highest BCUT2D eigenvalue weighted by molar-refractivity contribution is 7.99. The van der Waals surface area contributed by atoms with E-state index in [4.69, 9.17) is 5.73 Å². The summed E-state index contributed by atoms with van der Waals surface area (Å²) in [6.45, 7) is 2.99. The van der Waals surface area contributed by atoms with Crippen LogP contribution in [0, 0.1) is 6.92 Å². The molecule has 1 aliphatic rings. The molecular weight excluding hydrogens is 190 g/mol. The third kappa shape index (κ3) is 1.82. The topological polar surface area (TPSA) is 26.0 Å². The Morgan fingerprint density at radius 2 is 2.36 bits per heavy atom. The van der Waals surface area contributed by atoms with E-state index in [9.17, 15) is 0 Å². The average molecular weight is 207 g/mol. The number of fused-ring (bicyclic) bond motifs is 1. The largest absolute Gasteiger partial charge is 0.330 e. The summed E-state index contributed by atoms with van der Waals surface area (Å²) in [5, 5.41) is 0. The minimum Gasteiger partial charge on any atom is -0.330 e. The van der Waals surface area contributed by atoms with Gasteiger partial charge in [0.25, 0.3) is 0 Å². The Hall–Kier alpha value is -0.470. The maximum Gasteiger partial charge on any atom is 0.0137 e. The van der Waals surface area contributed by atoms with E-state index in [-0.39, 0.29) is 0 Å². The second-order valence-electron chi connectivity index (χ2n) is 3.92. The highest BCUT2D eigenvalue weighted by atomic mass is 32.2. The fourth-order valence-electron chi connectivity index (χ4n) is 2.10. The van der Waals surface area contributed by atoms with Crippen LogP contribution in [0.1, 0.15) is 29.9 Å². The molecule has 0 spiro atoms. The van der Waals surface area contributed by atoms with Crippen LogP contribution in [0.15, 0.2) is 23.1 Å². The second kappa shape index (κ2) is 4.37. The molecule has 2 heteroatoms. The second-order valence-corrected chi connectivity index (χ2v) is 5.02.